The van der Waals surface area contributed by atoms with Gasteiger partial charge in [-0.25, -0.2) is 9.78 Å². The number of aromatic nitrogens is 1. The van der Waals surface area contributed by atoms with Gasteiger partial charge in [0, 0.05) is 5.38 Å². The summed E-state index contributed by atoms with van der Waals surface area (Å²) in [6, 6.07) is 5.08. The van der Waals surface area contributed by atoms with Crippen LogP contribution >= 0.6 is 11.3 Å². The number of nitrogen functional groups attached to an aromatic ring is 1. The number of benzene rings is 1. The molecule has 1 aromatic carbocycles. The quantitative estimate of drug-likeness (QED) is 0.498. The van der Waals surface area contributed by atoms with Gasteiger partial charge >= 0.3 is 5.97 Å². The lowest BCUT2D eigenvalue weighted by Crippen LogP contribution is -2.05. The average Bonchev–Trinajstić information content (AvgIpc) is 2.91. The van der Waals surface area contributed by atoms with Gasteiger partial charge in [0.25, 0.3) is 0 Å². The second kappa shape index (κ2) is 6.71. The van der Waals surface area contributed by atoms with Crippen LogP contribution in [0.25, 0.3) is 0 Å². The van der Waals surface area contributed by atoms with E-state index >= 15 is 0 Å². The number of nitrogens with zero attached hydrogens (tertiary/aromatic N) is 2. The maximum Gasteiger partial charge on any atom is 0.341 e. The molecule has 21 heavy (non-hydrogen) atoms. The molecule has 7 nitrogen and oxygen atoms in total. The molecule has 0 bridgehead atoms. The van der Waals surface area contributed by atoms with Crippen LogP contribution in [0.4, 0.5) is 10.9 Å². The van der Waals surface area contributed by atoms with Gasteiger partial charge in [0.15, 0.2) is 0 Å². The third-order valence-corrected chi connectivity index (χ3v) is 3.29. The lowest BCUT2D eigenvalue weighted by atomic mass is 10.1. The van der Waals surface area contributed by atoms with E-state index in [4.69, 9.17) is 15.2 Å². The third kappa shape index (κ3) is 3.69. The van der Waals surface area contributed by atoms with E-state index in [1.807, 2.05) is 0 Å². The summed E-state index contributed by atoms with van der Waals surface area (Å²) in [5.41, 5.74) is 9.31. The molecule has 0 saturated heterocycles. The molecule has 0 aliphatic carbocycles. The van der Waals surface area contributed by atoms with E-state index in [2.05, 4.69) is 15.5 Å². The number of methoxy groups -OCH3 is 2. The third-order valence-electron chi connectivity index (χ3n) is 2.52. The topological polar surface area (TPSA) is 98.8 Å². The van der Waals surface area contributed by atoms with Crippen LogP contribution in [-0.2, 0) is 4.74 Å². The molecule has 0 saturated carbocycles. The summed E-state index contributed by atoms with van der Waals surface area (Å²) in [6.07, 6.45) is 1.56. The van der Waals surface area contributed by atoms with E-state index in [1.54, 1.807) is 29.8 Å². The Morgan fingerprint density at radius 2 is 2.29 bits per heavy atom. The highest BCUT2D eigenvalue weighted by molar-refractivity contribution is 7.14. The zero-order chi connectivity index (χ0) is 15.2. The molecule has 2 rings (SSSR count). The van der Waals surface area contributed by atoms with Gasteiger partial charge in [0.05, 0.1) is 20.4 Å². The van der Waals surface area contributed by atoms with Crippen LogP contribution in [0.3, 0.4) is 0 Å². The summed E-state index contributed by atoms with van der Waals surface area (Å²) in [7, 11) is 2.81. The van der Waals surface area contributed by atoms with Crippen LogP contribution < -0.4 is 15.9 Å². The van der Waals surface area contributed by atoms with Crippen molar-refractivity contribution in [3.8, 4) is 5.75 Å². The van der Waals surface area contributed by atoms with Crippen molar-refractivity contribution in [2.75, 3.05) is 25.4 Å². The molecule has 0 amide bonds. The first kappa shape index (κ1) is 14.8. The molecule has 1 heterocycles. The van der Waals surface area contributed by atoms with Gasteiger partial charge in [0.1, 0.15) is 17.1 Å². The van der Waals surface area contributed by atoms with Crippen molar-refractivity contribution in [3.63, 3.8) is 0 Å². The minimum Gasteiger partial charge on any atom is -0.496 e. The smallest absolute Gasteiger partial charge is 0.341 e. The van der Waals surface area contributed by atoms with Gasteiger partial charge < -0.3 is 15.2 Å². The molecular weight excluding hydrogens is 292 g/mol. The fourth-order valence-electron chi connectivity index (χ4n) is 1.57. The van der Waals surface area contributed by atoms with E-state index in [0.717, 1.165) is 0 Å². The number of esters is 1. The van der Waals surface area contributed by atoms with Gasteiger partial charge in [-0.2, -0.15) is 5.10 Å². The molecule has 2 aromatic rings. The SMILES string of the molecule is COC(=O)c1cc(C=NNc2nc(N)cs2)ccc1OC. The summed E-state index contributed by atoms with van der Waals surface area (Å²) in [5, 5.41) is 6.33. The number of hydrogen-bond acceptors (Lipinski definition) is 8. The van der Waals surface area contributed by atoms with Gasteiger partial charge in [-0.1, -0.05) is 0 Å². The standard InChI is InChI=1S/C13H14N4O3S/c1-19-10-4-3-8(5-9(10)12(18)20-2)6-15-17-13-16-11(14)7-21-13/h3-7H,14H2,1-2H3,(H,16,17). The van der Waals surface area contributed by atoms with Crippen LogP contribution in [0.2, 0.25) is 0 Å². The summed E-state index contributed by atoms with van der Waals surface area (Å²) < 4.78 is 9.83. The number of hydrazone groups is 1. The van der Waals surface area contributed by atoms with Crippen molar-refractivity contribution in [1.82, 2.24) is 4.98 Å². The van der Waals surface area contributed by atoms with Crippen molar-refractivity contribution in [3.05, 3.63) is 34.7 Å². The van der Waals surface area contributed by atoms with E-state index < -0.39 is 5.97 Å². The molecule has 0 atom stereocenters. The summed E-state index contributed by atoms with van der Waals surface area (Å²) >= 11 is 1.35. The number of ether oxygens (including phenoxy) is 2. The fraction of sp³-hybridized carbons (Fsp3) is 0.154. The highest BCUT2D eigenvalue weighted by Crippen LogP contribution is 2.20. The molecule has 0 spiro atoms. The molecule has 8 heteroatoms. The maximum absolute atomic E-state index is 11.7. The number of carbonyl (C=O) groups is 1. The Kier molecular flexibility index (Phi) is 4.72. The van der Waals surface area contributed by atoms with Crippen molar-refractivity contribution >= 4 is 34.5 Å². The largest absolute Gasteiger partial charge is 0.496 e. The number of thiazole rings is 1. The Morgan fingerprint density at radius 1 is 1.48 bits per heavy atom. The highest BCUT2D eigenvalue weighted by Gasteiger charge is 2.12. The number of rotatable bonds is 5. The first-order chi connectivity index (χ1) is 10.1. The second-order valence-electron chi connectivity index (χ2n) is 3.90. The predicted octanol–water partition coefficient (Wildman–Crippen LogP) is 1.97. The van der Waals surface area contributed by atoms with Gasteiger partial charge in [-0.3, -0.25) is 5.43 Å². The van der Waals surface area contributed by atoms with Crippen LogP contribution in [-0.4, -0.2) is 31.4 Å². The number of nitrogens with two attached hydrogens (primary N) is 1. The normalized spacial score (nSPS) is 10.6. The summed E-state index contributed by atoms with van der Waals surface area (Å²) in [6.45, 7) is 0. The molecule has 0 fully saturated rings. The van der Waals surface area contributed by atoms with E-state index in [-0.39, 0.29) is 0 Å². The van der Waals surface area contributed by atoms with E-state index in [1.165, 1.54) is 25.6 Å². The highest BCUT2D eigenvalue weighted by atomic mass is 32.1. The molecular formula is C13H14N4O3S. The van der Waals surface area contributed by atoms with E-state index in [9.17, 15) is 4.79 Å². The van der Waals surface area contributed by atoms with Crippen LogP contribution in [0.15, 0.2) is 28.7 Å². The minimum atomic E-state index is -0.470. The minimum absolute atomic E-state index is 0.336. The molecule has 3 N–H and O–H groups in total. The summed E-state index contributed by atoms with van der Waals surface area (Å²) in [4.78, 5) is 15.7. The van der Waals surface area contributed by atoms with Crippen LogP contribution in [0.5, 0.6) is 5.75 Å². The first-order valence-electron chi connectivity index (χ1n) is 5.90. The molecule has 0 aliphatic rings. The lowest BCUT2D eigenvalue weighted by Gasteiger charge is -2.07. The van der Waals surface area contributed by atoms with Crippen molar-refractivity contribution < 1.29 is 14.3 Å². The van der Waals surface area contributed by atoms with Crippen LogP contribution in [0.1, 0.15) is 15.9 Å². The lowest BCUT2D eigenvalue weighted by molar-refractivity contribution is 0.0597. The second-order valence-corrected chi connectivity index (χ2v) is 4.76. The summed E-state index contributed by atoms with van der Waals surface area (Å²) in [5.74, 6) is 0.414. The Hall–Kier alpha value is -2.61. The van der Waals surface area contributed by atoms with Gasteiger partial charge in [0.2, 0.25) is 5.13 Å². The Bertz CT molecular complexity index is 669. The maximum atomic E-state index is 11.7. The first-order valence-corrected chi connectivity index (χ1v) is 6.78. The number of hydrogen-bond donors (Lipinski definition) is 2. The number of nitrogens with one attached hydrogen (secondary N) is 1. The van der Waals surface area contributed by atoms with Gasteiger partial charge in [-0.05, 0) is 23.8 Å². The molecule has 0 aliphatic heterocycles. The Morgan fingerprint density at radius 3 is 2.90 bits per heavy atom. The Balaban J connectivity index is 2.14. The monoisotopic (exact) mass is 306 g/mol. The number of anilines is 2. The van der Waals surface area contributed by atoms with Crippen molar-refractivity contribution in [2.24, 2.45) is 5.10 Å². The van der Waals surface area contributed by atoms with Gasteiger partial charge in [-0.15, -0.1) is 11.3 Å². The average molecular weight is 306 g/mol. The molecule has 110 valence electrons. The fourth-order valence-corrected chi connectivity index (χ4v) is 2.12. The predicted molar refractivity (Wildman–Crippen MR) is 82.1 cm³/mol. The van der Waals surface area contributed by atoms with Crippen molar-refractivity contribution in [1.29, 1.82) is 0 Å². The molecule has 0 radical (unpaired) electrons. The zero-order valence-corrected chi connectivity index (χ0v) is 12.3. The van der Waals surface area contributed by atoms with Crippen LogP contribution in [0, 0.1) is 0 Å². The molecule has 1 aromatic heterocycles. The van der Waals surface area contributed by atoms with Crippen molar-refractivity contribution in [2.45, 2.75) is 0 Å². The van der Waals surface area contributed by atoms with E-state index in [0.29, 0.717) is 27.8 Å². The molecule has 0 unspecified atom stereocenters. The number of carbonyl (C=O) groups excluding carboxylic acids is 1. The Labute approximate surface area is 125 Å². The zero-order valence-electron chi connectivity index (χ0n) is 11.5.